The minimum atomic E-state index is -0.584. The van der Waals surface area contributed by atoms with Gasteiger partial charge in [-0.05, 0) is 37.6 Å². The quantitative estimate of drug-likeness (QED) is 0.303. The second-order valence-corrected chi connectivity index (χ2v) is 6.54. The Bertz CT molecular complexity index is 992. The molecule has 0 spiro atoms. The van der Waals surface area contributed by atoms with Crippen LogP contribution in [-0.2, 0) is 4.74 Å². The van der Waals surface area contributed by atoms with Crippen molar-refractivity contribution in [1.29, 1.82) is 0 Å². The van der Waals surface area contributed by atoms with E-state index < -0.39 is 5.97 Å². The Balaban J connectivity index is 1.66. The molecule has 0 unspecified atom stereocenters. The minimum absolute atomic E-state index is 0.264. The lowest BCUT2D eigenvalue weighted by Gasteiger charge is -2.13. The van der Waals surface area contributed by atoms with Gasteiger partial charge >= 0.3 is 5.97 Å². The van der Waals surface area contributed by atoms with Gasteiger partial charge in [0.2, 0.25) is 5.78 Å². The fourth-order valence-electron chi connectivity index (χ4n) is 2.94. The summed E-state index contributed by atoms with van der Waals surface area (Å²) in [7, 11) is 0. The molecule has 152 valence electrons. The highest BCUT2D eigenvalue weighted by atomic mass is 16.5. The zero-order valence-electron chi connectivity index (χ0n) is 16.7. The summed E-state index contributed by atoms with van der Waals surface area (Å²) >= 11 is 0. The van der Waals surface area contributed by atoms with Crippen molar-refractivity contribution in [2.24, 2.45) is 0 Å². The molecule has 0 aliphatic heterocycles. The number of H-pyrrole nitrogens is 1. The van der Waals surface area contributed by atoms with Gasteiger partial charge in [-0.25, -0.2) is 4.79 Å². The minimum Gasteiger partial charge on any atom is -0.490 e. The van der Waals surface area contributed by atoms with E-state index in [0.717, 1.165) is 23.7 Å². The standard InChI is InChI=1S/C23H25NO5/c1-3-5-12-28-21-11-10-16(13-22(21)27-4-2)23(26)29-15-20(25)18-14-24-19-9-7-6-8-17(18)19/h6-11,13-14,24H,3-5,12,15H2,1-2H3. The van der Waals surface area contributed by atoms with Crippen molar-refractivity contribution >= 4 is 22.7 Å². The van der Waals surface area contributed by atoms with Gasteiger partial charge in [-0.15, -0.1) is 0 Å². The molecule has 0 atom stereocenters. The number of hydrogen-bond acceptors (Lipinski definition) is 5. The highest BCUT2D eigenvalue weighted by Gasteiger charge is 2.17. The third-order valence-electron chi connectivity index (χ3n) is 4.46. The second-order valence-electron chi connectivity index (χ2n) is 6.54. The van der Waals surface area contributed by atoms with Gasteiger partial charge < -0.3 is 19.2 Å². The van der Waals surface area contributed by atoms with Crippen LogP contribution in [0.1, 0.15) is 47.4 Å². The Morgan fingerprint density at radius 2 is 1.83 bits per heavy atom. The summed E-state index contributed by atoms with van der Waals surface area (Å²) in [5.74, 6) is 0.229. The number of fused-ring (bicyclic) bond motifs is 1. The zero-order chi connectivity index (χ0) is 20.6. The van der Waals surface area contributed by atoms with Crippen molar-refractivity contribution < 1.29 is 23.8 Å². The van der Waals surface area contributed by atoms with Crippen LogP contribution < -0.4 is 9.47 Å². The molecular formula is C23H25NO5. The largest absolute Gasteiger partial charge is 0.490 e. The lowest BCUT2D eigenvalue weighted by atomic mass is 10.1. The van der Waals surface area contributed by atoms with Gasteiger partial charge in [0, 0.05) is 22.7 Å². The van der Waals surface area contributed by atoms with Crippen molar-refractivity contribution in [1.82, 2.24) is 4.98 Å². The molecule has 0 saturated carbocycles. The topological polar surface area (TPSA) is 77.6 Å². The first kappa shape index (κ1) is 20.5. The van der Waals surface area contributed by atoms with Crippen LogP contribution in [0.3, 0.4) is 0 Å². The molecular weight excluding hydrogens is 370 g/mol. The van der Waals surface area contributed by atoms with Crippen molar-refractivity contribution in [3.63, 3.8) is 0 Å². The number of ether oxygens (including phenoxy) is 3. The number of esters is 1. The van der Waals surface area contributed by atoms with Crippen LogP contribution in [0, 0.1) is 0 Å². The Hall–Kier alpha value is -3.28. The lowest BCUT2D eigenvalue weighted by Crippen LogP contribution is -2.14. The molecule has 1 aromatic heterocycles. The number of hydrogen-bond donors (Lipinski definition) is 1. The average Bonchev–Trinajstić information content (AvgIpc) is 3.17. The zero-order valence-corrected chi connectivity index (χ0v) is 16.7. The summed E-state index contributed by atoms with van der Waals surface area (Å²) in [5, 5.41) is 0.806. The van der Waals surface area contributed by atoms with Crippen LogP contribution >= 0.6 is 0 Å². The van der Waals surface area contributed by atoms with Crippen LogP contribution in [0.2, 0.25) is 0 Å². The number of benzene rings is 2. The number of carbonyl (C=O) groups is 2. The van der Waals surface area contributed by atoms with E-state index in [1.165, 1.54) is 0 Å². The molecule has 1 heterocycles. The van der Waals surface area contributed by atoms with Gasteiger partial charge in [0.1, 0.15) is 0 Å². The fourth-order valence-corrected chi connectivity index (χ4v) is 2.94. The van der Waals surface area contributed by atoms with E-state index in [4.69, 9.17) is 14.2 Å². The summed E-state index contributed by atoms with van der Waals surface area (Å²) in [6.07, 6.45) is 3.60. The van der Waals surface area contributed by atoms with Gasteiger partial charge in [0.05, 0.1) is 18.8 Å². The first-order chi connectivity index (χ1) is 14.1. The number of carbonyl (C=O) groups excluding carboxylic acids is 2. The summed E-state index contributed by atoms with van der Waals surface area (Å²) in [5.41, 5.74) is 1.67. The number of unbranched alkanes of at least 4 members (excludes halogenated alkanes) is 1. The summed E-state index contributed by atoms with van der Waals surface area (Å²) < 4.78 is 16.5. The van der Waals surface area contributed by atoms with Crippen molar-refractivity contribution in [2.45, 2.75) is 26.7 Å². The number of aromatic nitrogens is 1. The molecule has 6 nitrogen and oxygen atoms in total. The van der Waals surface area contributed by atoms with E-state index >= 15 is 0 Å². The number of aromatic amines is 1. The monoisotopic (exact) mass is 395 g/mol. The molecule has 0 aliphatic rings. The molecule has 3 rings (SSSR count). The molecule has 3 aromatic rings. The first-order valence-corrected chi connectivity index (χ1v) is 9.80. The Labute approximate surface area is 169 Å². The molecule has 0 bridgehead atoms. The van der Waals surface area contributed by atoms with E-state index in [2.05, 4.69) is 11.9 Å². The molecule has 0 fully saturated rings. The van der Waals surface area contributed by atoms with Crippen LogP contribution in [0.5, 0.6) is 11.5 Å². The van der Waals surface area contributed by atoms with Gasteiger partial charge in [-0.3, -0.25) is 4.79 Å². The summed E-state index contributed by atoms with van der Waals surface area (Å²) in [6.45, 7) is 4.64. The SMILES string of the molecule is CCCCOc1ccc(C(=O)OCC(=O)c2c[nH]c3ccccc23)cc1OCC. The highest BCUT2D eigenvalue weighted by molar-refractivity contribution is 6.09. The van der Waals surface area contributed by atoms with Crippen molar-refractivity contribution in [3.05, 3.63) is 59.8 Å². The number of para-hydroxylation sites is 1. The Kier molecular flexibility index (Phi) is 6.89. The number of nitrogens with one attached hydrogen (secondary N) is 1. The molecule has 29 heavy (non-hydrogen) atoms. The van der Waals surface area contributed by atoms with Gasteiger partial charge in [-0.1, -0.05) is 31.5 Å². The Morgan fingerprint density at radius 3 is 2.62 bits per heavy atom. The van der Waals surface area contributed by atoms with Gasteiger partial charge in [0.25, 0.3) is 0 Å². The fraction of sp³-hybridized carbons (Fsp3) is 0.304. The normalized spacial score (nSPS) is 10.7. The molecule has 0 saturated heterocycles. The van der Waals surface area contributed by atoms with E-state index in [1.54, 1.807) is 24.4 Å². The average molecular weight is 395 g/mol. The second kappa shape index (κ2) is 9.78. The molecule has 0 aliphatic carbocycles. The predicted molar refractivity (Wildman–Crippen MR) is 111 cm³/mol. The van der Waals surface area contributed by atoms with E-state index in [0.29, 0.717) is 35.8 Å². The van der Waals surface area contributed by atoms with Crippen LogP contribution in [0.25, 0.3) is 10.9 Å². The van der Waals surface area contributed by atoms with Gasteiger partial charge in [0.15, 0.2) is 18.1 Å². The number of Topliss-reactive ketones (excluding diaryl/α,β-unsaturated/α-hetero) is 1. The van der Waals surface area contributed by atoms with Crippen LogP contribution in [0.15, 0.2) is 48.7 Å². The van der Waals surface area contributed by atoms with Crippen molar-refractivity contribution in [3.8, 4) is 11.5 Å². The lowest BCUT2D eigenvalue weighted by molar-refractivity contribution is 0.0474. The van der Waals surface area contributed by atoms with Crippen LogP contribution in [-0.4, -0.2) is 36.6 Å². The predicted octanol–water partition coefficient (Wildman–Crippen LogP) is 4.79. The molecule has 6 heteroatoms. The maximum atomic E-state index is 12.5. The molecule has 2 aromatic carbocycles. The molecule has 1 N–H and O–H groups in total. The first-order valence-electron chi connectivity index (χ1n) is 9.80. The molecule has 0 amide bonds. The van der Waals surface area contributed by atoms with E-state index in [1.807, 2.05) is 31.2 Å². The Morgan fingerprint density at radius 1 is 1.00 bits per heavy atom. The van der Waals surface area contributed by atoms with E-state index in [-0.39, 0.29) is 12.4 Å². The van der Waals surface area contributed by atoms with Crippen molar-refractivity contribution in [2.75, 3.05) is 19.8 Å². The number of rotatable bonds is 10. The third-order valence-corrected chi connectivity index (χ3v) is 4.46. The smallest absolute Gasteiger partial charge is 0.338 e. The van der Waals surface area contributed by atoms with Crippen LogP contribution in [0.4, 0.5) is 0 Å². The number of ketones is 1. The summed E-state index contributed by atoms with van der Waals surface area (Å²) in [6, 6.07) is 12.4. The van der Waals surface area contributed by atoms with Gasteiger partial charge in [-0.2, -0.15) is 0 Å². The third kappa shape index (κ3) is 4.96. The highest BCUT2D eigenvalue weighted by Crippen LogP contribution is 2.29. The summed E-state index contributed by atoms with van der Waals surface area (Å²) in [4.78, 5) is 28.0. The maximum Gasteiger partial charge on any atom is 0.338 e. The molecule has 0 radical (unpaired) electrons. The van der Waals surface area contributed by atoms with E-state index in [9.17, 15) is 9.59 Å². The maximum absolute atomic E-state index is 12.5.